The first-order valence-electron chi connectivity index (χ1n) is 14.1. The van der Waals surface area contributed by atoms with Crippen LogP contribution < -0.4 is 4.74 Å². The standard InChI is InChI=1S/C29H42N2O5S3/c1-34-28(32)16-13-11-9-7-5-3-2-4-6-8-10-12-14-20-37-38-21-15-19-35-29(33)36-24-17-18-25-26(22-24)39-27(23-30)31-25/h17-18,22H,2-16,19-21H2,1H3. The predicted octanol–water partition coefficient (Wildman–Crippen LogP) is 9.09. The third kappa shape index (κ3) is 16.0. The molecular weight excluding hydrogens is 553 g/mol. The number of carbonyl (C=O) groups excluding carboxylic acids is 2. The second-order valence-electron chi connectivity index (χ2n) is 9.38. The fourth-order valence-corrected chi connectivity index (χ4v) is 7.01. The summed E-state index contributed by atoms with van der Waals surface area (Å²) in [5.41, 5.74) is 0.715. The first-order chi connectivity index (χ1) is 19.1. The zero-order valence-electron chi connectivity index (χ0n) is 23.1. The Balaban J connectivity index is 1.29. The summed E-state index contributed by atoms with van der Waals surface area (Å²) >= 11 is 1.26. The lowest BCUT2D eigenvalue weighted by Gasteiger charge is -2.06. The summed E-state index contributed by atoms with van der Waals surface area (Å²) in [4.78, 5) is 27.1. The number of nitrogens with zero attached hydrogens (tertiary/aromatic N) is 2. The lowest BCUT2D eigenvalue weighted by Crippen LogP contribution is -2.11. The van der Waals surface area contributed by atoms with Crippen molar-refractivity contribution in [2.75, 3.05) is 25.2 Å². The maximum Gasteiger partial charge on any atom is 0.513 e. The molecule has 0 aliphatic carbocycles. The van der Waals surface area contributed by atoms with Gasteiger partial charge in [-0.15, -0.1) is 11.3 Å². The molecule has 0 N–H and O–H groups in total. The van der Waals surface area contributed by atoms with Crippen LogP contribution in [0.5, 0.6) is 5.75 Å². The van der Waals surface area contributed by atoms with E-state index in [2.05, 4.69) is 9.72 Å². The van der Waals surface area contributed by atoms with Gasteiger partial charge in [0.1, 0.15) is 11.8 Å². The van der Waals surface area contributed by atoms with Crippen molar-refractivity contribution in [1.82, 2.24) is 4.98 Å². The van der Waals surface area contributed by atoms with E-state index < -0.39 is 6.16 Å². The van der Waals surface area contributed by atoms with Gasteiger partial charge in [0, 0.05) is 24.0 Å². The Morgan fingerprint density at radius 2 is 1.46 bits per heavy atom. The van der Waals surface area contributed by atoms with Crippen LogP contribution >= 0.6 is 32.9 Å². The van der Waals surface area contributed by atoms with E-state index in [1.807, 2.05) is 27.7 Å². The summed E-state index contributed by atoms with van der Waals surface area (Å²) in [6.07, 6.45) is 17.2. The molecular formula is C29H42N2O5S3. The number of ether oxygens (including phenoxy) is 3. The van der Waals surface area contributed by atoms with Crippen LogP contribution in [-0.2, 0) is 14.3 Å². The third-order valence-electron chi connectivity index (χ3n) is 6.17. The Morgan fingerprint density at radius 1 is 0.872 bits per heavy atom. The van der Waals surface area contributed by atoms with E-state index in [4.69, 9.17) is 14.7 Å². The third-order valence-corrected chi connectivity index (χ3v) is 9.67. The van der Waals surface area contributed by atoms with Gasteiger partial charge in [0.2, 0.25) is 0 Å². The van der Waals surface area contributed by atoms with E-state index in [-0.39, 0.29) is 5.97 Å². The molecule has 39 heavy (non-hydrogen) atoms. The number of hydrogen-bond donors (Lipinski definition) is 0. The molecule has 0 atom stereocenters. The quantitative estimate of drug-likeness (QED) is 0.0572. The van der Waals surface area contributed by atoms with Crippen molar-refractivity contribution in [3.8, 4) is 11.8 Å². The Hall–Kier alpha value is -1.96. The molecule has 216 valence electrons. The highest BCUT2D eigenvalue weighted by Gasteiger charge is 2.09. The molecule has 0 spiro atoms. The molecule has 0 radical (unpaired) electrons. The van der Waals surface area contributed by atoms with Crippen LogP contribution in [0.1, 0.15) is 101 Å². The van der Waals surface area contributed by atoms with Gasteiger partial charge in [0.05, 0.1) is 23.9 Å². The molecule has 0 saturated carbocycles. The number of thiazole rings is 1. The molecule has 2 aromatic rings. The van der Waals surface area contributed by atoms with E-state index >= 15 is 0 Å². The molecule has 0 fully saturated rings. The molecule has 2 rings (SSSR count). The summed E-state index contributed by atoms with van der Waals surface area (Å²) in [5, 5.41) is 9.32. The van der Waals surface area contributed by atoms with Crippen molar-refractivity contribution in [1.29, 1.82) is 5.26 Å². The molecule has 0 amide bonds. The number of unbranched alkanes of at least 4 members (excludes halogenated alkanes) is 12. The van der Waals surface area contributed by atoms with E-state index in [9.17, 15) is 9.59 Å². The summed E-state index contributed by atoms with van der Waals surface area (Å²) < 4.78 is 15.8. The van der Waals surface area contributed by atoms with Crippen molar-refractivity contribution in [2.45, 2.75) is 96.3 Å². The fourth-order valence-electron chi connectivity index (χ4n) is 4.01. The first-order valence-corrected chi connectivity index (χ1v) is 17.4. The normalized spacial score (nSPS) is 10.9. The van der Waals surface area contributed by atoms with Crippen molar-refractivity contribution >= 4 is 55.3 Å². The number of aromatic nitrogens is 1. The molecule has 1 aromatic heterocycles. The van der Waals surface area contributed by atoms with E-state index in [1.54, 1.807) is 18.2 Å². The molecule has 0 aliphatic heterocycles. The van der Waals surface area contributed by atoms with E-state index in [1.165, 1.54) is 94.8 Å². The van der Waals surface area contributed by atoms with Crippen molar-refractivity contribution in [2.24, 2.45) is 0 Å². The smallest absolute Gasteiger partial charge is 0.469 e. The Morgan fingerprint density at radius 3 is 2.08 bits per heavy atom. The molecule has 0 saturated heterocycles. The molecule has 7 nitrogen and oxygen atoms in total. The van der Waals surface area contributed by atoms with Gasteiger partial charge < -0.3 is 14.2 Å². The molecule has 1 heterocycles. The number of esters is 1. The highest BCUT2D eigenvalue weighted by molar-refractivity contribution is 8.76. The maximum atomic E-state index is 11.9. The van der Waals surface area contributed by atoms with E-state index in [0.717, 1.165) is 29.7 Å². The number of benzene rings is 1. The highest BCUT2D eigenvalue weighted by Crippen LogP contribution is 2.27. The average Bonchev–Trinajstić information content (AvgIpc) is 3.36. The van der Waals surface area contributed by atoms with Gasteiger partial charge in [-0.2, -0.15) is 5.26 Å². The second-order valence-corrected chi connectivity index (χ2v) is 13.1. The molecule has 0 unspecified atom stereocenters. The number of hydrogen-bond acceptors (Lipinski definition) is 10. The van der Waals surface area contributed by atoms with Crippen molar-refractivity contribution < 1.29 is 23.8 Å². The van der Waals surface area contributed by atoms with Crippen LogP contribution in [0.25, 0.3) is 10.2 Å². The van der Waals surface area contributed by atoms with Crippen LogP contribution in [0.2, 0.25) is 0 Å². The zero-order chi connectivity index (χ0) is 28.0. The summed E-state index contributed by atoms with van der Waals surface area (Å²) in [5.74, 6) is 2.41. The van der Waals surface area contributed by atoms with Crippen LogP contribution in [0.15, 0.2) is 18.2 Å². The largest absolute Gasteiger partial charge is 0.513 e. The first kappa shape index (κ1) is 33.2. The fraction of sp³-hybridized carbons (Fsp3) is 0.655. The monoisotopic (exact) mass is 594 g/mol. The number of rotatable bonds is 22. The molecule has 0 bridgehead atoms. The lowest BCUT2D eigenvalue weighted by molar-refractivity contribution is -0.140. The Labute approximate surface area is 245 Å². The zero-order valence-corrected chi connectivity index (χ0v) is 25.6. The second kappa shape index (κ2) is 21.8. The Kier molecular flexibility index (Phi) is 18.6. The number of carbonyl (C=O) groups is 2. The van der Waals surface area contributed by atoms with Gasteiger partial charge in [0.15, 0.2) is 5.01 Å². The summed E-state index contributed by atoms with van der Waals surface area (Å²) in [6.45, 7) is 0.338. The van der Waals surface area contributed by atoms with E-state index in [0.29, 0.717) is 29.3 Å². The lowest BCUT2D eigenvalue weighted by atomic mass is 10.0. The SMILES string of the molecule is COC(=O)CCCCCCCCCCCCCCCSSCCCOC(=O)Oc1ccc2nc(C#N)sc2c1. The van der Waals surface area contributed by atoms with Gasteiger partial charge >= 0.3 is 12.1 Å². The molecule has 10 heteroatoms. The minimum Gasteiger partial charge on any atom is -0.469 e. The van der Waals surface area contributed by atoms with Crippen LogP contribution in [0, 0.1) is 11.3 Å². The summed E-state index contributed by atoms with van der Waals surface area (Å²) in [6, 6.07) is 7.10. The minimum atomic E-state index is -0.707. The maximum absolute atomic E-state index is 11.9. The number of methoxy groups -OCH3 is 1. The van der Waals surface area contributed by atoms with Gasteiger partial charge in [0.25, 0.3) is 0 Å². The molecule has 0 aliphatic rings. The number of nitriles is 1. The van der Waals surface area contributed by atoms with Crippen molar-refractivity contribution in [3.63, 3.8) is 0 Å². The van der Waals surface area contributed by atoms with Gasteiger partial charge in [-0.25, -0.2) is 9.78 Å². The minimum absolute atomic E-state index is 0.0894. The van der Waals surface area contributed by atoms with Gasteiger partial charge in [-0.05, 0) is 31.4 Å². The summed E-state index contributed by atoms with van der Waals surface area (Å²) in [7, 11) is 5.19. The highest BCUT2D eigenvalue weighted by atomic mass is 33.1. The van der Waals surface area contributed by atoms with Crippen LogP contribution in [0.4, 0.5) is 4.79 Å². The van der Waals surface area contributed by atoms with Crippen LogP contribution in [0.3, 0.4) is 0 Å². The predicted molar refractivity (Wildman–Crippen MR) is 162 cm³/mol. The van der Waals surface area contributed by atoms with Crippen LogP contribution in [-0.4, -0.2) is 42.3 Å². The van der Waals surface area contributed by atoms with Gasteiger partial charge in [-0.3, -0.25) is 4.79 Å². The molecule has 1 aromatic carbocycles. The number of fused-ring (bicyclic) bond motifs is 1. The Bertz CT molecular complexity index is 1010. The average molecular weight is 595 g/mol. The van der Waals surface area contributed by atoms with Crippen molar-refractivity contribution in [3.05, 3.63) is 23.2 Å². The van der Waals surface area contributed by atoms with Gasteiger partial charge in [-0.1, -0.05) is 92.2 Å². The topological polar surface area (TPSA) is 98.5 Å².